The molecule has 0 bridgehead atoms. The number of benzene rings is 1. The van der Waals surface area contributed by atoms with E-state index in [0.717, 1.165) is 28.4 Å². The molecule has 0 atom stereocenters. The van der Waals surface area contributed by atoms with E-state index in [1.165, 1.54) is 32.1 Å². The van der Waals surface area contributed by atoms with E-state index in [4.69, 9.17) is 9.72 Å². The van der Waals surface area contributed by atoms with Crippen LogP contribution in [-0.2, 0) is 0 Å². The summed E-state index contributed by atoms with van der Waals surface area (Å²) in [6, 6.07) is 10.3. The zero-order valence-corrected chi connectivity index (χ0v) is 15.9. The van der Waals surface area contributed by atoms with Crippen molar-refractivity contribution in [3.8, 4) is 22.7 Å². The fourth-order valence-corrected chi connectivity index (χ4v) is 3.59. The van der Waals surface area contributed by atoms with Gasteiger partial charge in [0, 0.05) is 24.0 Å². The summed E-state index contributed by atoms with van der Waals surface area (Å²) < 4.78 is 7.10. The van der Waals surface area contributed by atoms with E-state index >= 15 is 0 Å². The Kier molecular flexibility index (Phi) is 5.05. The van der Waals surface area contributed by atoms with Crippen LogP contribution in [0, 0.1) is 6.92 Å². The lowest BCUT2D eigenvalue weighted by Crippen LogP contribution is -2.23. The highest BCUT2D eigenvalue weighted by atomic mass is 16.5. The molecule has 1 saturated carbocycles. The number of nitrogens with zero attached hydrogens (tertiary/aromatic N) is 4. The van der Waals surface area contributed by atoms with Crippen molar-refractivity contribution in [2.45, 2.75) is 45.1 Å². The molecular formula is C21H25N5O. The molecule has 1 aliphatic rings. The first-order valence-corrected chi connectivity index (χ1v) is 9.53. The molecule has 6 heteroatoms. The number of rotatable bonds is 5. The molecule has 27 heavy (non-hydrogen) atoms. The predicted octanol–water partition coefficient (Wildman–Crippen LogP) is 4.39. The summed E-state index contributed by atoms with van der Waals surface area (Å²) in [6.45, 7) is 2.01. The Labute approximate surface area is 159 Å². The largest absolute Gasteiger partial charge is 0.497 e. The van der Waals surface area contributed by atoms with Crippen LogP contribution in [0.1, 0.15) is 37.8 Å². The van der Waals surface area contributed by atoms with E-state index in [1.807, 2.05) is 54.3 Å². The van der Waals surface area contributed by atoms with Crippen molar-refractivity contribution >= 4 is 5.95 Å². The molecule has 1 N–H and O–H groups in total. The molecule has 2 heterocycles. The molecule has 0 saturated heterocycles. The van der Waals surface area contributed by atoms with Crippen molar-refractivity contribution in [1.82, 2.24) is 19.7 Å². The van der Waals surface area contributed by atoms with Crippen molar-refractivity contribution in [1.29, 1.82) is 0 Å². The van der Waals surface area contributed by atoms with Gasteiger partial charge in [0.25, 0.3) is 0 Å². The average Bonchev–Trinajstić information content (AvgIpc) is 3.11. The van der Waals surface area contributed by atoms with Gasteiger partial charge in [-0.1, -0.05) is 19.3 Å². The summed E-state index contributed by atoms with van der Waals surface area (Å²) in [5, 5.41) is 8.15. The molecule has 1 aromatic carbocycles. The van der Waals surface area contributed by atoms with Crippen molar-refractivity contribution in [2.24, 2.45) is 0 Å². The zero-order chi connectivity index (χ0) is 18.6. The van der Waals surface area contributed by atoms with Crippen LogP contribution in [0.25, 0.3) is 16.9 Å². The van der Waals surface area contributed by atoms with Crippen LogP contribution in [0.3, 0.4) is 0 Å². The van der Waals surface area contributed by atoms with Gasteiger partial charge in [-0.15, -0.1) is 0 Å². The molecule has 1 aliphatic carbocycles. The Morgan fingerprint density at radius 2 is 1.85 bits per heavy atom. The van der Waals surface area contributed by atoms with E-state index in [1.54, 1.807) is 7.11 Å². The second-order valence-electron chi connectivity index (χ2n) is 7.02. The molecule has 0 aliphatic heterocycles. The lowest BCUT2D eigenvalue weighted by atomic mass is 9.96. The van der Waals surface area contributed by atoms with Crippen LogP contribution >= 0.6 is 0 Å². The first-order chi connectivity index (χ1) is 13.2. The Hall–Kier alpha value is -2.89. The maximum absolute atomic E-state index is 5.23. The van der Waals surface area contributed by atoms with Gasteiger partial charge < -0.3 is 10.1 Å². The first kappa shape index (κ1) is 17.5. The van der Waals surface area contributed by atoms with Crippen LogP contribution < -0.4 is 10.1 Å². The number of aromatic nitrogens is 4. The highest BCUT2D eigenvalue weighted by Crippen LogP contribution is 2.25. The van der Waals surface area contributed by atoms with E-state index < -0.39 is 0 Å². The molecule has 1 fully saturated rings. The summed E-state index contributed by atoms with van der Waals surface area (Å²) in [4.78, 5) is 9.15. The van der Waals surface area contributed by atoms with Gasteiger partial charge >= 0.3 is 0 Å². The minimum Gasteiger partial charge on any atom is -0.497 e. The lowest BCUT2D eigenvalue weighted by Gasteiger charge is -2.22. The monoisotopic (exact) mass is 363 g/mol. The number of hydrogen-bond donors (Lipinski definition) is 1. The minimum atomic E-state index is 0.483. The Balaban J connectivity index is 1.57. The molecule has 0 spiro atoms. The van der Waals surface area contributed by atoms with Crippen LogP contribution in [-0.4, -0.2) is 32.9 Å². The van der Waals surface area contributed by atoms with Gasteiger partial charge in [0.15, 0.2) is 0 Å². The lowest BCUT2D eigenvalue weighted by molar-refractivity contribution is 0.414. The Morgan fingerprint density at radius 3 is 2.59 bits per heavy atom. The van der Waals surface area contributed by atoms with Crippen LogP contribution in [0.5, 0.6) is 5.75 Å². The molecule has 0 radical (unpaired) electrons. The van der Waals surface area contributed by atoms with E-state index in [2.05, 4.69) is 15.4 Å². The molecule has 140 valence electrons. The third-order valence-electron chi connectivity index (χ3n) is 5.11. The van der Waals surface area contributed by atoms with E-state index in [0.29, 0.717) is 12.0 Å². The molecule has 6 nitrogen and oxygen atoms in total. The fourth-order valence-electron chi connectivity index (χ4n) is 3.59. The van der Waals surface area contributed by atoms with Crippen molar-refractivity contribution < 1.29 is 4.74 Å². The van der Waals surface area contributed by atoms with Crippen LogP contribution in [0.4, 0.5) is 5.95 Å². The SMILES string of the molecule is COc1ccc(-n2cc(-c3ccnc(NC4CCCCC4)n3)c(C)n2)cc1. The van der Waals surface area contributed by atoms with Gasteiger partial charge in [-0.05, 0) is 50.1 Å². The van der Waals surface area contributed by atoms with Crippen molar-refractivity contribution in [3.05, 3.63) is 48.4 Å². The number of hydrogen-bond acceptors (Lipinski definition) is 5. The van der Waals surface area contributed by atoms with Gasteiger partial charge in [-0.25, -0.2) is 14.6 Å². The van der Waals surface area contributed by atoms with Gasteiger partial charge in [0.1, 0.15) is 5.75 Å². The summed E-state index contributed by atoms with van der Waals surface area (Å²) in [5.74, 6) is 1.54. The fraction of sp³-hybridized carbons (Fsp3) is 0.381. The maximum Gasteiger partial charge on any atom is 0.223 e. The second kappa shape index (κ2) is 7.78. The van der Waals surface area contributed by atoms with E-state index in [9.17, 15) is 0 Å². The maximum atomic E-state index is 5.23. The molecule has 0 amide bonds. The summed E-state index contributed by atoms with van der Waals surface area (Å²) >= 11 is 0. The van der Waals surface area contributed by atoms with Crippen LogP contribution in [0.15, 0.2) is 42.7 Å². The Bertz CT molecular complexity index is 897. The third-order valence-corrected chi connectivity index (χ3v) is 5.11. The molecule has 2 aromatic heterocycles. The topological polar surface area (TPSA) is 64.9 Å². The third kappa shape index (κ3) is 3.94. The summed E-state index contributed by atoms with van der Waals surface area (Å²) in [5.41, 5.74) is 3.83. The zero-order valence-electron chi connectivity index (χ0n) is 15.9. The quantitative estimate of drug-likeness (QED) is 0.728. The molecule has 4 rings (SSSR count). The second-order valence-corrected chi connectivity index (χ2v) is 7.02. The van der Waals surface area contributed by atoms with Crippen molar-refractivity contribution in [3.63, 3.8) is 0 Å². The van der Waals surface area contributed by atoms with Gasteiger partial charge in [0.05, 0.1) is 24.2 Å². The summed E-state index contributed by atoms with van der Waals surface area (Å²) in [7, 11) is 1.67. The van der Waals surface area contributed by atoms with Gasteiger partial charge in [0.2, 0.25) is 5.95 Å². The smallest absolute Gasteiger partial charge is 0.223 e. The number of aryl methyl sites for hydroxylation is 1. The number of nitrogens with one attached hydrogen (secondary N) is 1. The summed E-state index contributed by atoms with van der Waals surface area (Å²) in [6.07, 6.45) is 10.1. The first-order valence-electron chi connectivity index (χ1n) is 9.53. The normalized spacial score (nSPS) is 14.9. The van der Waals surface area contributed by atoms with Crippen LogP contribution in [0.2, 0.25) is 0 Å². The molecular weight excluding hydrogens is 338 g/mol. The number of methoxy groups -OCH3 is 1. The van der Waals surface area contributed by atoms with Gasteiger partial charge in [-0.2, -0.15) is 5.10 Å². The minimum absolute atomic E-state index is 0.483. The van der Waals surface area contributed by atoms with Crippen molar-refractivity contribution in [2.75, 3.05) is 12.4 Å². The highest BCUT2D eigenvalue weighted by molar-refractivity contribution is 5.62. The molecule has 0 unspecified atom stereocenters. The highest BCUT2D eigenvalue weighted by Gasteiger charge is 2.15. The predicted molar refractivity (Wildman–Crippen MR) is 106 cm³/mol. The number of ether oxygens (including phenoxy) is 1. The standard InChI is InChI=1S/C21H25N5O/c1-15-19(14-26(25-15)17-8-10-18(27-2)11-9-17)20-12-13-22-21(24-20)23-16-6-4-3-5-7-16/h8-14,16H,3-7H2,1-2H3,(H,22,23,24). The number of anilines is 1. The van der Waals surface area contributed by atoms with Gasteiger partial charge in [-0.3, -0.25) is 0 Å². The average molecular weight is 363 g/mol. The molecule has 3 aromatic rings. The Morgan fingerprint density at radius 1 is 1.07 bits per heavy atom. The van der Waals surface area contributed by atoms with E-state index in [-0.39, 0.29) is 0 Å².